The zero-order valence-corrected chi connectivity index (χ0v) is 11.7. The van der Waals surface area contributed by atoms with Crippen molar-refractivity contribution in [3.63, 3.8) is 0 Å². The van der Waals surface area contributed by atoms with Crippen LogP contribution in [0.25, 0.3) is 0 Å². The molecule has 0 aliphatic heterocycles. The number of aliphatic hydroxyl groups is 1. The molecule has 114 valence electrons. The van der Waals surface area contributed by atoms with E-state index >= 15 is 0 Å². The molecule has 21 heavy (non-hydrogen) atoms. The van der Waals surface area contributed by atoms with E-state index < -0.39 is 11.9 Å². The molecule has 0 bridgehead atoms. The van der Waals surface area contributed by atoms with Crippen LogP contribution in [0.1, 0.15) is 36.6 Å². The maximum atomic E-state index is 12.1. The van der Waals surface area contributed by atoms with Gasteiger partial charge < -0.3 is 15.5 Å². The van der Waals surface area contributed by atoms with Crippen LogP contribution in [0, 0.1) is 11.8 Å². The molecule has 1 aromatic heterocycles. The van der Waals surface area contributed by atoms with Crippen molar-refractivity contribution >= 4 is 11.9 Å². The van der Waals surface area contributed by atoms with Gasteiger partial charge in [-0.25, -0.2) is 0 Å². The Balaban J connectivity index is 1.68. The Morgan fingerprint density at radius 3 is 2.90 bits per heavy atom. The molecular weight excluding hydrogens is 274 g/mol. The first-order chi connectivity index (χ1) is 10.1. The van der Waals surface area contributed by atoms with Gasteiger partial charge in [-0.3, -0.25) is 14.3 Å². The second-order valence-corrected chi connectivity index (χ2v) is 5.73. The van der Waals surface area contributed by atoms with Gasteiger partial charge in [0.2, 0.25) is 5.91 Å². The molecule has 3 rings (SSSR count). The minimum atomic E-state index is -0.893. The molecule has 0 aromatic carbocycles. The highest BCUT2D eigenvalue weighted by Gasteiger charge is 2.48. The number of nitrogens with one attached hydrogen (secondary N) is 1. The van der Waals surface area contributed by atoms with E-state index in [0.717, 1.165) is 30.5 Å². The summed E-state index contributed by atoms with van der Waals surface area (Å²) in [5.74, 6) is -1.98. The Morgan fingerprint density at radius 1 is 1.43 bits per heavy atom. The summed E-state index contributed by atoms with van der Waals surface area (Å²) < 4.78 is 1.78. The molecule has 2 aliphatic rings. The number of carboxylic acid groups (broad SMARTS) is 1. The van der Waals surface area contributed by atoms with E-state index in [1.165, 1.54) is 0 Å². The van der Waals surface area contributed by atoms with Gasteiger partial charge in [-0.2, -0.15) is 5.10 Å². The van der Waals surface area contributed by atoms with E-state index in [2.05, 4.69) is 10.4 Å². The van der Waals surface area contributed by atoms with Crippen LogP contribution in [0.2, 0.25) is 0 Å². The summed E-state index contributed by atoms with van der Waals surface area (Å²) in [6.07, 6.45) is 4.86. The Hall–Kier alpha value is -1.89. The fraction of sp³-hybridized carbons (Fsp3) is 0.643. The molecule has 2 aliphatic carbocycles. The van der Waals surface area contributed by atoms with Crippen LogP contribution in [-0.4, -0.2) is 38.5 Å². The van der Waals surface area contributed by atoms with Crippen molar-refractivity contribution in [3.05, 3.63) is 17.5 Å². The van der Waals surface area contributed by atoms with Gasteiger partial charge in [0.1, 0.15) is 0 Å². The lowest BCUT2D eigenvalue weighted by Crippen LogP contribution is -2.33. The first-order valence-electron chi connectivity index (χ1n) is 7.30. The zero-order chi connectivity index (χ0) is 15.0. The molecule has 3 N–H and O–H groups in total. The number of aliphatic carboxylic acids is 1. The molecule has 0 spiro atoms. The number of aliphatic hydroxyl groups excluding tert-OH is 1. The Morgan fingerprint density at radius 2 is 2.24 bits per heavy atom. The monoisotopic (exact) mass is 293 g/mol. The van der Waals surface area contributed by atoms with Crippen molar-refractivity contribution in [2.45, 2.75) is 38.3 Å². The van der Waals surface area contributed by atoms with Crippen LogP contribution in [0.3, 0.4) is 0 Å². The fourth-order valence-corrected chi connectivity index (χ4v) is 3.09. The third kappa shape index (κ3) is 2.65. The van der Waals surface area contributed by atoms with Crippen LogP contribution < -0.4 is 5.32 Å². The molecule has 3 atom stereocenters. The molecule has 1 aromatic rings. The molecule has 7 nitrogen and oxygen atoms in total. The Labute approximate surface area is 122 Å². The van der Waals surface area contributed by atoms with Gasteiger partial charge in [0.05, 0.1) is 37.2 Å². The quantitative estimate of drug-likeness (QED) is 0.713. The van der Waals surface area contributed by atoms with E-state index in [4.69, 9.17) is 10.2 Å². The average molecular weight is 293 g/mol. The minimum absolute atomic E-state index is 0.0352. The zero-order valence-electron chi connectivity index (χ0n) is 11.7. The maximum Gasteiger partial charge on any atom is 0.307 e. The van der Waals surface area contributed by atoms with E-state index in [1.807, 2.05) is 0 Å². The van der Waals surface area contributed by atoms with Gasteiger partial charge in [0.25, 0.3) is 0 Å². The predicted molar refractivity (Wildman–Crippen MR) is 72.4 cm³/mol. The average Bonchev–Trinajstić information content (AvgIpc) is 3.17. The van der Waals surface area contributed by atoms with Crippen LogP contribution >= 0.6 is 0 Å². The molecular formula is C14H19N3O4. The summed E-state index contributed by atoms with van der Waals surface area (Å²) in [7, 11) is 0. The molecule has 0 radical (unpaired) electrons. The fourth-order valence-electron chi connectivity index (χ4n) is 3.09. The van der Waals surface area contributed by atoms with E-state index in [9.17, 15) is 9.59 Å². The second kappa shape index (κ2) is 5.48. The van der Waals surface area contributed by atoms with Crippen molar-refractivity contribution < 1.29 is 19.8 Å². The predicted octanol–water partition coefficient (Wildman–Crippen LogP) is 0.0897. The van der Waals surface area contributed by atoms with Crippen molar-refractivity contribution in [2.75, 3.05) is 6.61 Å². The lowest BCUT2D eigenvalue weighted by Gasteiger charge is -2.24. The van der Waals surface area contributed by atoms with Crippen LogP contribution in [-0.2, 0) is 22.6 Å². The van der Waals surface area contributed by atoms with Gasteiger partial charge in [-0.05, 0) is 25.7 Å². The summed E-state index contributed by atoms with van der Waals surface area (Å²) in [4.78, 5) is 22.9. The topological polar surface area (TPSA) is 104 Å². The lowest BCUT2D eigenvalue weighted by molar-refractivity contribution is -0.140. The first-order valence-corrected chi connectivity index (χ1v) is 7.30. The first kappa shape index (κ1) is 14.1. The summed E-state index contributed by atoms with van der Waals surface area (Å²) >= 11 is 0. The number of carbonyl (C=O) groups excluding carboxylic acids is 1. The molecule has 1 saturated carbocycles. The molecule has 0 saturated heterocycles. The number of hydrogen-bond donors (Lipinski definition) is 3. The van der Waals surface area contributed by atoms with Gasteiger partial charge in [-0.15, -0.1) is 0 Å². The number of carbonyl (C=O) groups is 2. The van der Waals surface area contributed by atoms with E-state index in [-0.39, 0.29) is 24.5 Å². The minimum Gasteiger partial charge on any atom is -0.481 e. The summed E-state index contributed by atoms with van der Waals surface area (Å²) in [5.41, 5.74) is 2.06. The summed E-state index contributed by atoms with van der Waals surface area (Å²) in [6, 6.07) is -0.0938. The number of aromatic nitrogens is 2. The standard InChI is InChI=1S/C14H19N3O4/c18-5-4-17-12-3-1-2-11(10(12)7-15-17)16-13(19)8-6-9(8)14(20)21/h7-9,11,18H,1-6H2,(H,16,19)(H,20,21)/t8-,9+,11?/m1/s1. The van der Waals surface area contributed by atoms with Gasteiger partial charge in [0.15, 0.2) is 0 Å². The highest BCUT2D eigenvalue weighted by Crippen LogP contribution is 2.40. The molecule has 1 fully saturated rings. The van der Waals surface area contributed by atoms with Gasteiger partial charge >= 0.3 is 5.97 Å². The third-order valence-corrected chi connectivity index (χ3v) is 4.34. The summed E-state index contributed by atoms with van der Waals surface area (Å²) in [5, 5.41) is 25.1. The lowest BCUT2D eigenvalue weighted by atomic mass is 9.92. The third-order valence-electron chi connectivity index (χ3n) is 4.34. The SMILES string of the molecule is O=C(O)[C@H]1C[C@H]1C(=O)NC1CCCc2c1cnn2CCO. The Bertz CT molecular complexity index is 569. The van der Waals surface area contributed by atoms with Crippen molar-refractivity contribution in [3.8, 4) is 0 Å². The number of rotatable bonds is 5. The number of hydrogen-bond acceptors (Lipinski definition) is 4. The number of nitrogens with zero attached hydrogens (tertiary/aromatic N) is 2. The number of carboxylic acids is 1. The van der Waals surface area contributed by atoms with E-state index in [1.54, 1.807) is 10.9 Å². The maximum absolute atomic E-state index is 12.1. The normalized spacial score (nSPS) is 27.0. The second-order valence-electron chi connectivity index (χ2n) is 5.73. The van der Waals surface area contributed by atoms with E-state index in [0.29, 0.717) is 13.0 Å². The van der Waals surface area contributed by atoms with Crippen molar-refractivity contribution in [1.29, 1.82) is 0 Å². The molecule has 1 amide bonds. The number of amides is 1. The number of fused-ring (bicyclic) bond motifs is 1. The highest BCUT2D eigenvalue weighted by molar-refractivity contribution is 5.89. The van der Waals surface area contributed by atoms with Crippen LogP contribution in [0.4, 0.5) is 0 Å². The molecule has 1 heterocycles. The Kier molecular flexibility index (Phi) is 3.67. The van der Waals surface area contributed by atoms with Gasteiger partial charge in [-0.1, -0.05) is 0 Å². The smallest absolute Gasteiger partial charge is 0.307 e. The van der Waals surface area contributed by atoms with Crippen molar-refractivity contribution in [1.82, 2.24) is 15.1 Å². The van der Waals surface area contributed by atoms with Crippen LogP contribution in [0.15, 0.2) is 6.20 Å². The van der Waals surface area contributed by atoms with Gasteiger partial charge in [0, 0.05) is 11.3 Å². The largest absolute Gasteiger partial charge is 0.481 e. The molecule has 1 unspecified atom stereocenters. The molecule has 7 heteroatoms. The van der Waals surface area contributed by atoms with Crippen LogP contribution in [0.5, 0.6) is 0 Å². The highest BCUT2D eigenvalue weighted by atomic mass is 16.4. The van der Waals surface area contributed by atoms with Crippen molar-refractivity contribution in [2.24, 2.45) is 11.8 Å². The summed E-state index contributed by atoms with van der Waals surface area (Å²) in [6.45, 7) is 0.493.